The monoisotopic (exact) mass is 193 g/mol. The Kier molecular flexibility index (Phi) is 2.60. The Hall–Kier alpha value is -1.04. The van der Waals surface area contributed by atoms with Crippen LogP contribution >= 0.6 is 0 Å². The van der Waals surface area contributed by atoms with Gasteiger partial charge in [-0.3, -0.25) is 0 Å². The number of halogens is 3. The van der Waals surface area contributed by atoms with Crippen LogP contribution in [0.25, 0.3) is 0 Å². The number of hydrogen-bond acceptors (Lipinski definition) is 2. The highest BCUT2D eigenvalue weighted by Crippen LogP contribution is 2.30. The maximum atomic E-state index is 12.3. The minimum absolute atomic E-state index is 0.313. The van der Waals surface area contributed by atoms with Gasteiger partial charge in [-0.05, 0) is 6.92 Å². The van der Waals surface area contributed by atoms with Crippen LogP contribution in [0, 0.1) is 6.92 Å². The second-order valence-electron chi connectivity index (χ2n) is 2.67. The van der Waals surface area contributed by atoms with E-state index < -0.39 is 18.8 Å². The van der Waals surface area contributed by atoms with E-state index in [4.69, 9.17) is 5.73 Å². The van der Waals surface area contributed by atoms with Crippen molar-refractivity contribution in [1.29, 1.82) is 0 Å². The van der Waals surface area contributed by atoms with Gasteiger partial charge in [-0.2, -0.15) is 13.2 Å². The van der Waals surface area contributed by atoms with Crippen molar-refractivity contribution in [3.8, 4) is 0 Å². The lowest BCUT2D eigenvalue weighted by atomic mass is 10.3. The molecule has 0 saturated carbocycles. The molecule has 1 aromatic heterocycles. The maximum absolute atomic E-state index is 12.3. The van der Waals surface area contributed by atoms with E-state index in [1.54, 1.807) is 0 Å². The number of alkyl halides is 3. The molecule has 1 rings (SSSR count). The first-order valence-electron chi connectivity index (χ1n) is 3.73. The molecule has 0 aliphatic rings. The summed E-state index contributed by atoms with van der Waals surface area (Å²) in [7, 11) is 0. The van der Waals surface area contributed by atoms with Crippen molar-refractivity contribution in [2.75, 3.05) is 6.54 Å². The summed E-state index contributed by atoms with van der Waals surface area (Å²) in [6.45, 7) is 1.04. The van der Waals surface area contributed by atoms with Crippen LogP contribution in [0.4, 0.5) is 13.2 Å². The molecule has 0 bridgehead atoms. The molecule has 1 atom stereocenters. The predicted octanol–water partition coefficient (Wildman–Crippen LogP) is 1.25. The molecule has 0 aromatic carbocycles. The Morgan fingerprint density at radius 2 is 2.23 bits per heavy atom. The van der Waals surface area contributed by atoms with Gasteiger partial charge in [-0.25, -0.2) is 4.98 Å². The van der Waals surface area contributed by atoms with Gasteiger partial charge in [0.15, 0.2) is 0 Å². The summed E-state index contributed by atoms with van der Waals surface area (Å²) in [4.78, 5) is 3.71. The Bertz CT molecular complexity index is 279. The van der Waals surface area contributed by atoms with Crippen molar-refractivity contribution in [1.82, 2.24) is 9.55 Å². The van der Waals surface area contributed by atoms with Crippen LogP contribution in [-0.4, -0.2) is 22.3 Å². The zero-order valence-corrected chi connectivity index (χ0v) is 7.04. The first kappa shape index (κ1) is 10.0. The molecule has 6 heteroatoms. The number of nitrogens with two attached hydrogens (primary N) is 1. The quantitative estimate of drug-likeness (QED) is 0.768. The van der Waals surface area contributed by atoms with Gasteiger partial charge in [-0.15, -0.1) is 0 Å². The molecule has 0 spiro atoms. The molecular formula is C7H10F3N3. The van der Waals surface area contributed by atoms with Crippen molar-refractivity contribution in [3.63, 3.8) is 0 Å². The lowest BCUT2D eigenvalue weighted by Gasteiger charge is -2.20. The van der Waals surface area contributed by atoms with Gasteiger partial charge in [0.1, 0.15) is 11.9 Å². The lowest BCUT2D eigenvalue weighted by molar-refractivity contribution is -0.165. The van der Waals surface area contributed by atoms with Crippen LogP contribution in [0.5, 0.6) is 0 Å². The number of imidazole rings is 1. The molecule has 74 valence electrons. The molecule has 0 aliphatic heterocycles. The summed E-state index contributed by atoms with van der Waals surface area (Å²) >= 11 is 0. The average molecular weight is 193 g/mol. The standard InChI is InChI=1S/C7H10F3N3/c1-5-12-2-3-13(5)6(4-11)7(8,9)10/h2-3,6H,4,11H2,1H3. The smallest absolute Gasteiger partial charge is 0.328 e. The molecule has 2 N–H and O–H groups in total. The molecular weight excluding hydrogens is 183 g/mol. The minimum Gasteiger partial charge on any atom is -0.328 e. The van der Waals surface area contributed by atoms with Crippen molar-refractivity contribution >= 4 is 0 Å². The van der Waals surface area contributed by atoms with Gasteiger partial charge in [-0.1, -0.05) is 0 Å². The fourth-order valence-corrected chi connectivity index (χ4v) is 1.12. The van der Waals surface area contributed by atoms with Gasteiger partial charge in [0, 0.05) is 18.9 Å². The Balaban J connectivity index is 2.98. The zero-order chi connectivity index (χ0) is 10.1. The Morgan fingerprint density at radius 3 is 2.54 bits per heavy atom. The SMILES string of the molecule is Cc1nccn1C(CN)C(F)(F)F. The van der Waals surface area contributed by atoms with Gasteiger partial charge in [0.25, 0.3) is 0 Å². The second-order valence-corrected chi connectivity index (χ2v) is 2.67. The van der Waals surface area contributed by atoms with Crippen molar-refractivity contribution in [2.45, 2.75) is 19.1 Å². The predicted molar refractivity (Wildman–Crippen MR) is 41.1 cm³/mol. The maximum Gasteiger partial charge on any atom is 0.410 e. The topological polar surface area (TPSA) is 43.8 Å². The molecule has 0 aliphatic carbocycles. The lowest BCUT2D eigenvalue weighted by Crippen LogP contribution is -2.33. The van der Waals surface area contributed by atoms with E-state index in [1.807, 2.05) is 0 Å². The molecule has 1 heterocycles. The summed E-state index contributed by atoms with van der Waals surface area (Å²) in [5.74, 6) is 0.313. The number of aromatic nitrogens is 2. The second kappa shape index (κ2) is 3.37. The fourth-order valence-electron chi connectivity index (χ4n) is 1.12. The zero-order valence-electron chi connectivity index (χ0n) is 7.04. The van der Waals surface area contributed by atoms with E-state index in [-0.39, 0.29) is 0 Å². The average Bonchev–Trinajstić information content (AvgIpc) is 2.35. The van der Waals surface area contributed by atoms with Crippen LogP contribution in [0.2, 0.25) is 0 Å². The van der Waals surface area contributed by atoms with Crippen LogP contribution in [0.15, 0.2) is 12.4 Å². The number of hydrogen-bond donors (Lipinski definition) is 1. The van der Waals surface area contributed by atoms with E-state index in [2.05, 4.69) is 4.98 Å². The normalized spacial score (nSPS) is 14.5. The van der Waals surface area contributed by atoms with Gasteiger partial charge in [0.2, 0.25) is 0 Å². The Morgan fingerprint density at radius 1 is 1.62 bits per heavy atom. The third kappa shape index (κ3) is 2.00. The molecule has 3 nitrogen and oxygen atoms in total. The molecule has 1 aromatic rings. The first-order valence-corrected chi connectivity index (χ1v) is 3.73. The van der Waals surface area contributed by atoms with Crippen molar-refractivity contribution < 1.29 is 13.2 Å². The number of nitrogens with zero attached hydrogens (tertiary/aromatic N) is 2. The van der Waals surface area contributed by atoms with Crippen LogP contribution in [-0.2, 0) is 0 Å². The van der Waals surface area contributed by atoms with Crippen LogP contribution < -0.4 is 5.73 Å². The minimum atomic E-state index is -4.32. The van der Waals surface area contributed by atoms with E-state index >= 15 is 0 Å². The molecule has 0 fully saturated rings. The van der Waals surface area contributed by atoms with E-state index in [0.29, 0.717) is 5.82 Å². The first-order chi connectivity index (χ1) is 5.96. The van der Waals surface area contributed by atoms with Gasteiger partial charge in [0.05, 0.1) is 0 Å². The highest BCUT2D eigenvalue weighted by molar-refractivity contribution is 4.94. The third-order valence-electron chi connectivity index (χ3n) is 1.80. The summed E-state index contributed by atoms with van der Waals surface area (Å²) in [5.41, 5.74) is 5.05. The molecule has 0 amide bonds. The number of rotatable bonds is 2. The van der Waals surface area contributed by atoms with Crippen LogP contribution in [0.1, 0.15) is 11.9 Å². The van der Waals surface area contributed by atoms with E-state index in [1.165, 1.54) is 19.3 Å². The van der Waals surface area contributed by atoms with Crippen LogP contribution in [0.3, 0.4) is 0 Å². The molecule has 0 radical (unpaired) electrons. The summed E-state index contributed by atoms with van der Waals surface area (Å²) in [5, 5.41) is 0. The third-order valence-corrected chi connectivity index (χ3v) is 1.80. The largest absolute Gasteiger partial charge is 0.410 e. The van der Waals surface area contributed by atoms with Gasteiger partial charge >= 0.3 is 6.18 Å². The summed E-state index contributed by atoms with van der Waals surface area (Å²) in [6, 6.07) is -1.67. The summed E-state index contributed by atoms with van der Waals surface area (Å²) in [6.07, 6.45) is -1.72. The van der Waals surface area contributed by atoms with Crippen molar-refractivity contribution in [2.24, 2.45) is 5.73 Å². The molecule has 0 saturated heterocycles. The van der Waals surface area contributed by atoms with Crippen molar-refractivity contribution in [3.05, 3.63) is 18.2 Å². The molecule has 1 unspecified atom stereocenters. The molecule has 13 heavy (non-hydrogen) atoms. The fraction of sp³-hybridized carbons (Fsp3) is 0.571. The van der Waals surface area contributed by atoms with Gasteiger partial charge < -0.3 is 10.3 Å². The highest BCUT2D eigenvalue weighted by Gasteiger charge is 2.40. The number of aryl methyl sites for hydroxylation is 1. The van der Waals surface area contributed by atoms with E-state index in [0.717, 1.165) is 4.57 Å². The summed E-state index contributed by atoms with van der Waals surface area (Å²) < 4.78 is 38.0. The van der Waals surface area contributed by atoms with E-state index in [9.17, 15) is 13.2 Å². The highest BCUT2D eigenvalue weighted by atomic mass is 19.4. The Labute approximate surface area is 73.4 Å².